The van der Waals surface area contributed by atoms with Crippen molar-refractivity contribution in [2.75, 3.05) is 57.1 Å². The molecule has 0 fully saturated rings. The lowest BCUT2D eigenvalue weighted by Gasteiger charge is -2.25. The monoisotopic (exact) mass is 587 g/mol. The van der Waals surface area contributed by atoms with E-state index in [0.29, 0.717) is 24.5 Å². The number of hydrogen-bond acceptors (Lipinski definition) is 12. The van der Waals surface area contributed by atoms with Gasteiger partial charge in [0.25, 0.3) is 5.95 Å². The molecule has 41 heavy (non-hydrogen) atoms. The van der Waals surface area contributed by atoms with Crippen LogP contribution in [0.3, 0.4) is 0 Å². The Morgan fingerprint density at radius 3 is 2.39 bits per heavy atom. The van der Waals surface area contributed by atoms with Crippen LogP contribution >= 0.6 is 0 Å². The summed E-state index contributed by atoms with van der Waals surface area (Å²) in [5.41, 5.74) is 0.291. The Morgan fingerprint density at radius 2 is 1.90 bits per heavy atom. The molecule has 0 aliphatic rings. The van der Waals surface area contributed by atoms with Crippen LogP contribution in [-0.2, 0) is 19.7 Å². The first-order valence-corrected chi connectivity index (χ1v) is 13.8. The average Bonchev–Trinajstić information content (AvgIpc) is 3.30. The maximum Gasteiger partial charge on any atom is 0.333 e. The third-order valence-corrected chi connectivity index (χ3v) is 7.24. The van der Waals surface area contributed by atoms with Gasteiger partial charge in [0.15, 0.2) is 11.4 Å². The maximum absolute atomic E-state index is 12.7. The van der Waals surface area contributed by atoms with Crippen LogP contribution < -0.4 is 14.4 Å². The Balaban J connectivity index is 2.74. The van der Waals surface area contributed by atoms with Gasteiger partial charge in [0.2, 0.25) is 0 Å². The second-order valence-corrected chi connectivity index (χ2v) is 10.6. The number of nitrogens with one attached hydrogen (secondary N) is 1. The molecule has 1 aromatic heterocycles. The van der Waals surface area contributed by atoms with Gasteiger partial charge in [0, 0.05) is 38.8 Å². The number of hydrogen-bond donors (Lipinski definition) is 2. The minimum absolute atomic E-state index is 0.0315. The van der Waals surface area contributed by atoms with Crippen molar-refractivity contribution in [1.29, 1.82) is 10.5 Å². The molecule has 0 aliphatic carbocycles. The highest BCUT2D eigenvalue weighted by Crippen LogP contribution is 2.40. The number of azo groups is 1. The Bertz CT molecular complexity index is 1500. The summed E-state index contributed by atoms with van der Waals surface area (Å²) >= 11 is 0. The number of nitriles is 2. The normalized spacial score (nSPS) is 12.0. The number of carbonyl (C=O) groups is 1. The van der Waals surface area contributed by atoms with E-state index in [4.69, 9.17) is 9.47 Å². The lowest BCUT2D eigenvalue weighted by Crippen LogP contribution is -2.29. The standard InChI is InChI=1S/C25H33N9O6S/c1-8-33(9-2)21-10-19(31-41(37,38)32(5)6)18(11-23(21)39-7)29-30-25-28-20(12-26)22(13-27)34(25)17(14-35)15-40-24(36)16(3)4/h10-11,17,31,35H,3,8-9,14-15H2,1-2,4-7H3. The van der Waals surface area contributed by atoms with Gasteiger partial charge in [0.05, 0.1) is 31.1 Å². The third-order valence-electron chi connectivity index (χ3n) is 5.80. The minimum atomic E-state index is -3.96. The summed E-state index contributed by atoms with van der Waals surface area (Å²) in [5.74, 6) is -0.602. The van der Waals surface area contributed by atoms with Gasteiger partial charge >= 0.3 is 16.2 Å². The lowest BCUT2D eigenvalue weighted by atomic mass is 10.2. The van der Waals surface area contributed by atoms with E-state index >= 15 is 0 Å². The summed E-state index contributed by atoms with van der Waals surface area (Å²) in [6.07, 6.45) is 0. The average molecular weight is 588 g/mol. The molecule has 0 spiro atoms. The number of aliphatic hydroxyl groups excluding tert-OH is 1. The van der Waals surface area contributed by atoms with Crippen LogP contribution in [0.1, 0.15) is 38.2 Å². The fourth-order valence-corrected chi connectivity index (χ4v) is 4.18. The van der Waals surface area contributed by atoms with Gasteiger partial charge in [-0.15, -0.1) is 10.2 Å². The highest BCUT2D eigenvalue weighted by Gasteiger charge is 2.26. The SMILES string of the molecule is C=C(C)C(=O)OCC(CO)n1c(N=Nc2cc(OC)c(N(CC)CC)cc2NS(=O)(=O)N(C)C)nc(C#N)c1C#N. The van der Waals surface area contributed by atoms with Crippen molar-refractivity contribution in [2.45, 2.75) is 26.8 Å². The topological polar surface area (TPSA) is 199 Å². The van der Waals surface area contributed by atoms with E-state index in [1.807, 2.05) is 24.8 Å². The molecule has 2 N–H and O–H groups in total. The number of esters is 1. The van der Waals surface area contributed by atoms with E-state index in [-0.39, 0.29) is 40.9 Å². The van der Waals surface area contributed by atoms with Crippen molar-refractivity contribution in [3.05, 3.63) is 35.7 Å². The Labute approximate surface area is 239 Å². The van der Waals surface area contributed by atoms with Crippen molar-refractivity contribution in [2.24, 2.45) is 10.2 Å². The number of methoxy groups -OCH3 is 1. The van der Waals surface area contributed by atoms with E-state index in [0.717, 1.165) is 8.87 Å². The van der Waals surface area contributed by atoms with Crippen molar-refractivity contribution >= 4 is 39.2 Å². The van der Waals surface area contributed by atoms with E-state index in [2.05, 4.69) is 26.5 Å². The number of aliphatic hydroxyl groups is 1. The lowest BCUT2D eigenvalue weighted by molar-refractivity contribution is -0.140. The number of nitrogens with zero attached hydrogens (tertiary/aromatic N) is 8. The smallest absolute Gasteiger partial charge is 0.333 e. The molecule has 2 aromatic rings. The highest BCUT2D eigenvalue weighted by molar-refractivity contribution is 7.90. The van der Waals surface area contributed by atoms with Crippen LogP contribution in [0.5, 0.6) is 5.75 Å². The van der Waals surface area contributed by atoms with Crippen LogP contribution in [0.2, 0.25) is 0 Å². The number of anilines is 2. The van der Waals surface area contributed by atoms with E-state index in [1.165, 1.54) is 34.2 Å². The zero-order chi connectivity index (χ0) is 30.9. The first-order chi connectivity index (χ1) is 19.4. The zero-order valence-electron chi connectivity index (χ0n) is 23.7. The van der Waals surface area contributed by atoms with Crippen LogP contribution in [0.25, 0.3) is 0 Å². The molecule has 2 rings (SSSR count). The molecule has 0 saturated carbocycles. The van der Waals surface area contributed by atoms with Crippen molar-refractivity contribution in [1.82, 2.24) is 13.9 Å². The molecule has 0 bridgehead atoms. The van der Waals surface area contributed by atoms with E-state index < -0.39 is 28.8 Å². The van der Waals surface area contributed by atoms with Gasteiger partial charge in [-0.25, -0.2) is 4.79 Å². The first kappa shape index (κ1) is 32.7. The Kier molecular flexibility index (Phi) is 11.3. The molecule has 0 radical (unpaired) electrons. The second-order valence-electron chi connectivity index (χ2n) is 8.72. The summed E-state index contributed by atoms with van der Waals surface area (Å²) in [6, 6.07) is 5.62. The molecule has 0 saturated heterocycles. The number of imidazole rings is 1. The van der Waals surface area contributed by atoms with Gasteiger partial charge in [-0.2, -0.15) is 28.2 Å². The van der Waals surface area contributed by atoms with Crippen LogP contribution in [0.15, 0.2) is 34.5 Å². The fourth-order valence-electron chi connectivity index (χ4n) is 3.55. The van der Waals surface area contributed by atoms with Crippen LogP contribution in [-0.4, -0.2) is 80.9 Å². The third kappa shape index (κ3) is 7.57. The van der Waals surface area contributed by atoms with E-state index in [9.17, 15) is 28.8 Å². The molecule has 15 nitrogen and oxygen atoms in total. The highest BCUT2D eigenvalue weighted by atomic mass is 32.2. The largest absolute Gasteiger partial charge is 0.494 e. The van der Waals surface area contributed by atoms with Gasteiger partial charge in [0.1, 0.15) is 30.2 Å². The first-order valence-electron chi connectivity index (χ1n) is 12.3. The van der Waals surface area contributed by atoms with E-state index in [1.54, 1.807) is 12.1 Å². The molecular formula is C25H33N9O6S. The van der Waals surface area contributed by atoms with Crippen LogP contribution in [0.4, 0.5) is 23.0 Å². The fraction of sp³-hybridized carbons (Fsp3) is 0.440. The molecule has 220 valence electrons. The summed E-state index contributed by atoms with van der Waals surface area (Å²) in [4.78, 5) is 17.9. The number of carbonyl (C=O) groups excluding carboxylic acids is 1. The number of ether oxygens (including phenoxy) is 2. The van der Waals surface area contributed by atoms with Crippen molar-refractivity contribution < 1.29 is 27.8 Å². The summed E-state index contributed by atoms with van der Waals surface area (Å²) < 4.78 is 40.7. The molecule has 1 unspecified atom stereocenters. The van der Waals surface area contributed by atoms with Crippen molar-refractivity contribution in [3.8, 4) is 17.9 Å². The van der Waals surface area contributed by atoms with Gasteiger partial charge in [-0.1, -0.05) is 6.58 Å². The predicted molar refractivity (Wildman–Crippen MR) is 151 cm³/mol. The second kappa shape index (κ2) is 14.2. The molecular weight excluding hydrogens is 554 g/mol. The zero-order valence-corrected chi connectivity index (χ0v) is 24.6. The summed E-state index contributed by atoms with van der Waals surface area (Å²) in [5, 5.41) is 37.6. The molecule has 0 aliphatic heterocycles. The van der Waals surface area contributed by atoms with Crippen molar-refractivity contribution in [3.63, 3.8) is 0 Å². The minimum Gasteiger partial charge on any atom is -0.494 e. The predicted octanol–water partition coefficient (Wildman–Crippen LogP) is 2.77. The van der Waals surface area contributed by atoms with Gasteiger partial charge in [-0.3, -0.25) is 9.29 Å². The van der Waals surface area contributed by atoms with Crippen LogP contribution in [0, 0.1) is 22.7 Å². The molecule has 1 atom stereocenters. The number of rotatable bonds is 14. The summed E-state index contributed by atoms with van der Waals surface area (Å²) in [7, 11) is 0.208. The molecule has 0 amide bonds. The Hall–Kier alpha value is -4.51. The summed E-state index contributed by atoms with van der Waals surface area (Å²) in [6.45, 7) is 9.04. The molecule has 16 heteroatoms. The maximum atomic E-state index is 12.7. The molecule has 1 aromatic carbocycles. The quantitative estimate of drug-likeness (QED) is 0.188. The number of aromatic nitrogens is 2. The van der Waals surface area contributed by atoms with Gasteiger partial charge < -0.3 is 19.5 Å². The Morgan fingerprint density at radius 1 is 1.24 bits per heavy atom. The number of benzene rings is 1. The van der Waals surface area contributed by atoms with Gasteiger partial charge in [-0.05, 0) is 26.8 Å². The molecule has 1 heterocycles.